The number of carbonyl (C=O) groups is 1. The first kappa shape index (κ1) is 15.1. The van der Waals surface area contributed by atoms with Gasteiger partial charge in [0.1, 0.15) is 5.82 Å². The molecule has 0 radical (unpaired) electrons. The van der Waals surface area contributed by atoms with Crippen LogP contribution in [0.3, 0.4) is 0 Å². The molecule has 0 aromatic heterocycles. The Morgan fingerprint density at radius 1 is 1.09 bits per heavy atom. The number of nitrogens with two attached hydrogens (primary N) is 1. The first-order valence-corrected chi connectivity index (χ1v) is 6.02. The van der Waals surface area contributed by atoms with E-state index in [1.165, 1.54) is 48.5 Å². The fraction of sp³-hybridized carbons (Fsp3) is 0. The monoisotopic (exact) mass is 303 g/mol. The molecule has 7 nitrogen and oxygen atoms in total. The summed E-state index contributed by atoms with van der Waals surface area (Å²) in [5.74, 6) is -1.35. The van der Waals surface area contributed by atoms with Gasteiger partial charge in [0, 0.05) is 17.7 Å². The topological polar surface area (TPSA) is 108 Å². The molecule has 0 amide bonds. The van der Waals surface area contributed by atoms with Gasteiger partial charge in [-0.15, -0.1) is 0 Å². The van der Waals surface area contributed by atoms with Crippen molar-refractivity contribution in [1.82, 2.24) is 0 Å². The molecule has 0 bridgehead atoms. The summed E-state index contributed by atoms with van der Waals surface area (Å²) < 4.78 is 12.8. The Labute approximate surface area is 124 Å². The third kappa shape index (κ3) is 3.63. The Morgan fingerprint density at radius 2 is 1.64 bits per heavy atom. The largest absolute Gasteiger partial charge is 0.380 e. The van der Waals surface area contributed by atoms with Gasteiger partial charge in [-0.05, 0) is 36.4 Å². The number of nitro groups is 1. The average Bonchev–Trinajstić information content (AvgIpc) is 2.53. The molecule has 0 saturated carbocycles. The van der Waals surface area contributed by atoms with Crippen LogP contribution in [-0.4, -0.2) is 16.7 Å². The maximum Gasteiger partial charge on any atom is 0.365 e. The Kier molecular flexibility index (Phi) is 4.42. The van der Waals surface area contributed by atoms with Crippen LogP contribution in [0.15, 0.2) is 53.7 Å². The molecule has 2 N–H and O–H groups in total. The Bertz CT molecular complexity index is 727. The van der Waals surface area contributed by atoms with Crippen molar-refractivity contribution < 1.29 is 18.9 Å². The lowest BCUT2D eigenvalue weighted by molar-refractivity contribution is -0.384. The van der Waals surface area contributed by atoms with Crippen molar-refractivity contribution in [1.29, 1.82) is 0 Å². The molecule has 112 valence electrons. The number of rotatable bonds is 4. The highest BCUT2D eigenvalue weighted by Crippen LogP contribution is 2.12. The number of hydrogen-bond acceptors (Lipinski definition) is 5. The maximum atomic E-state index is 12.8. The van der Waals surface area contributed by atoms with Crippen LogP contribution in [0.25, 0.3) is 0 Å². The van der Waals surface area contributed by atoms with Crippen molar-refractivity contribution in [2.24, 2.45) is 10.9 Å². The van der Waals surface area contributed by atoms with E-state index in [4.69, 9.17) is 5.73 Å². The smallest absolute Gasteiger partial charge is 0.365 e. The highest BCUT2D eigenvalue weighted by atomic mass is 19.1. The summed E-state index contributed by atoms with van der Waals surface area (Å²) in [4.78, 5) is 26.3. The molecule has 0 saturated heterocycles. The number of amidine groups is 1. The highest BCUT2D eigenvalue weighted by Gasteiger charge is 2.11. The van der Waals surface area contributed by atoms with Gasteiger partial charge in [-0.2, -0.15) is 0 Å². The van der Waals surface area contributed by atoms with E-state index >= 15 is 0 Å². The summed E-state index contributed by atoms with van der Waals surface area (Å²) >= 11 is 0. The van der Waals surface area contributed by atoms with Crippen LogP contribution >= 0.6 is 0 Å². The minimum atomic E-state index is -0.819. The van der Waals surface area contributed by atoms with Crippen molar-refractivity contribution in [3.63, 3.8) is 0 Å². The van der Waals surface area contributed by atoms with Crippen molar-refractivity contribution in [3.8, 4) is 0 Å². The molecule has 0 aliphatic carbocycles. The second-order valence-corrected chi connectivity index (χ2v) is 4.17. The lowest BCUT2D eigenvalue weighted by atomic mass is 10.2. The molecule has 0 unspecified atom stereocenters. The van der Waals surface area contributed by atoms with Gasteiger partial charge in [0.15, 0.2) is 5.84 Å². The molecule has 2 aromatic carbocycles. The molecule has 0 heterocycles. The summed E-state index contributed by atoms with van der Waals surface area (Å²) in [6.07, 6.45) is 0. The second-order valence-electron chi connectivity index (χ2n) is 4.17. The van der Waals surface area contributed by atoms with Crippen LogP contribution in [0.4, 0.5) is 10.1 Å². The summed E-state index contributed by atoms with van der Waals surface area (Å²) in [6, 6.07) is 9.97. The van der Waals surface area contributed by atoms with Gasteiger partial charge in [0.05, 0.1) is 10.5 Å². The minimum absolute atomic E-state index is 0.0845. The van der Waals surface area contributed by atoms with E-state index in [1.807, 2.05) is 0 Å². The number of non-ortho nitro benzene ring substituents is 1. The van der Waals surface area contributed by atoms with E-state index < -0.39 is 16.7 Å². The number of hydrogen-bond donors (Lipinski definition) is 1. The van der Waals surface area contributed by atoms with Gasteiger partial charge in [0.25, 0.3) is 5.69 Å². The van der Waals surface area contributed by atoms with Crippen molar-refractivity contribution in [2.45, 2.75) is 0 Å². The van der Waals surface area contributed by atoms with Gasteiger partial charge in [-0.25, -0.2) is 9.18 Å². The van der Waals surface area contributed by atoms with E-state index in [0.29, 0.717) is 5.56 Å². The van der Waals surface area contributed by atoms with Crippen LogP contribution in [0.2, 0.25) is 0 Å². The van der Waals surface area contributed by atoms with Crippen LogP contribution in [0.1, 0.15) is 15.9 Å². The summed E-state index contributed by atoms with van der Waals surface area (Å²) in [5, 5.41) is 13.9. The molecule has 0 aliphatic heterocycles. The molecule has 2 aromatic rings. The lowest BCUT2D eigenvalue weighted by Crippen LogP contribution is -2.15. The van der Waals surface area contributed by atoms with Crippen LogP contribution < -0.4 is 5.73 Å². The van der Waals surface area contributed by atoms with Gasteiger partial charge in [0.2, 0.25) is 0 Å². The second kappa shape index (κ2) is 6.44. The molecule has 2 rings (SSSR count). The number of carbonyl (C=O) groups excluding carboxylic acids is 1. The van der Waals surface area contributed by atoms with Gasteiger partial charge >= 0.3 is 5.97 Å². The third-order valence-electron chi connectivity index (χ3n) is 2.68. The molecule has 22 heavy (non-hydrogen) atoms. The van der Waals surface area contributed by atoms with Crippen molar-refractivity contribution >= 4 is 17.5 Å². The Hall–Kier alpha value is -3.29. The molecule has 0 aliphatic rings. The van der Waals surface area contributed by atoms with E-state index in [2.05, 4.69) is 9.99 Å². The number of nitro benzene ring substituents is 1. The zero-order valence-corrected chi connectivity index (χ0v) is 11.1. The zero-order valence-electron chi connectivity index (χ0n) is 11.1. The normalized spacial score (nSPS) is 11.0. The number of oxime groups is 1. The van der Waals surface area contributed by atoms with Crippen LogP contribution in [-0.2, 0) is 4.84 Å². The van der Waals surface area contributed by atoms with E-state index in [-0.39, 0.29) is 17.1 Å². The molecular formula is C14H10FN3O4. The van der Waals surface area contributed by atoms with Crippen molar-refractivity contribution in [2.75, 3.05) is 0 Å². The molecule has 0 fully saturated rings. The first-order valence-electron chi connectivity index (χ1n) is 6.02. The summed E-state index contributed by atoms with van der Waals surface area (Å²) in [6.45, 7) is 0. The fourth-order valence-electron chi connectivity index (χ4n) is 1.54. The summed E-state index contributed by atoms with van der Waals surface area (Å²) in [7, 11) is 0. The maximum absolute atomic E-state index is 12.8. The predicted octanol–water partition coefficient (Wildman–Crippen LogP) is 2.21. The predicted molar refractivity (Wildman–Crippen MR) is 75.6 cm³/mol. The highest BCUT2D eigenvalue weighted by molar-refractivity contribution is 5.98. The van der Waals surface area contributed by atoms with Gasteiger partial charge in [-0.3, -0.25) is 10.1 Å². The van der Waals surface area contributed by atoms with Crippen LogP contribution in [0, 0.1) is 15.9 Å². The van der Waals surface area contributed by atoms with Crippen LogP contribution in [0.5, 0.6) is 0 Å². The standard InChI is InChI=1S/C14H10FN3O4/c15-11-5-1-9(2-6-11)13(16)17-22-14(19)10-3-7-12(8-4-10)18(20)21/h1-8H,(H2,16,17). The van der Waals surface area contributed by atoms with E-state index in [9.17, 15) is 19.3 Å². The molecular weight excluding hydrogens is 293 g/mol. The van der Waals surface area contributed by atoms with E-state index in [1.54, 1.807) is 0 Å². The number of nitrogens with zero attached hydrogens (tertiary/aromatic N) is 2. The van der Waals surface area contributed by atoms with Crippen molar-refractivity contribution in [3.05, 3.63) is 75.6 Å². The van der Waals surface area contributed by atoms with Gasteiger partial charge < -0.3 is 10.6 Å². The fourth-order valence-corrected chi connectivity index (χ4v) is 1.54. The Balaban J connectivity index is 2.06. The number of benzene rings is 2. The average molecular weight is 303 g/mol. The zero-order chi connectivity index (χ0) is 16.1. The third-order valence-corrected chi connectivity index (χ3v) is 2.68. The quantitative estimate of drug-likeness (QED) is 0.306. The Morgan fingerprint density at radius 3 is 2.18 bits per heavy atom. The number of halogens is 1. The minimum Gasteiger partial charge on any atom is -0.380 e. The molecule has 8 heteroatoms. The van der Waals surface area contributed by atoms with Gasteiger partial charge in [-0.1, -0.05) is 5.16 Å². The molecule has 0 atom stereocenters. The molecule has 0 spiro atoms. The lowest BCUT2D eigenvalue weighted by Gasteiger charge is -2.01. The first-order chi connectivity index (χ1) is 10.5. The summed E-state index contributed by atoms with van der Waals surface area (Å²) in [5.41, 5.74) is 5.92. The SMILES string of the molecule is N/C(=N/OC(=O)c1ccc([N+](=O)[O-])cc1)c1ccc(F)cc1. The van der Waals surface area contributed by atoms with E-state index in [0.717, 1.165) is 0 Å².